The van der Waals surface area contributed by atoms with Crippen molar-refractivity contribution in [2.24, 2.45) is 22.2 Å². The van der Waals surface area contributed by atoms with Crippen LogP contribution in [0.15, 0.2) is 52.8 Å². The number of primary amides is 2. The smallest absolute Gasteiger partial charge is 0.412 e. The molecule has 2 aromatic carbocycles. The number of aryl methyl sites for hydroxylation is 2. The van der Waals surface area contributed by atoms with Crippen LogP contribution in [0.4, 0.5) is 27.2 Å². The van der Waals surface area contributed by atoms with Crippen molar-refractivity contribution in [3.8, 4) is 11.5 Å². The number of aromatic nitrogens is 6. The van der Waals surface area contributed by atoms with Gasteiger partial charge in [-0.25, -0.2) is 19.6 Å². The second-order valence-electron chi connectivity index (χ2n) is 20.0. The number of hydrogen-bond acceptors (Lipinski definition) is 17. The maximum absolute atomic E-state index is 14.5. The first-order valence-corrected chi connectivity index (χ1v) is 25.3. The Morgan fingerprint density at radius 3 is 1.86 bits per heavy atom. The molecule has 0 aliphatic carbocycles. The molecule has 10 N–H and O–H groups in total. The number of anilines is 3. The zero-order valence-corrected chi connectivity index (χ0v) is 46.0. The molecule has 1 fully saturated rings. The fraction of sp³-hybridized carbons (Fsp3) is 0.462. The lowest BCUT2D eigenvalue weighted by Crippen LogP contribution is -2.39. The molecule has 26 nitrogen and oxygen atoms in total. The van der Waals surface area contributed by atoms with Crippen LogP contribution in [0.1, 0.15) is 106 Å². The van der Waals surface area contributed by atoms with Crippen LogP contribution in [0.2, 0.25) is 0 Å². The number of carbonyl (C=O) groups is 6. The Kier molecular flexibility index (Phi) is 18.9. The van der Waals surface area contributed by atoms with Crippen LogP contribution in [-0.4, -0.2) is 140 Å². The third kappa shape index (κ3) is 14.7. The molecule has 0 spiro atoms. The summed E-state index contributed by atoms with van der Waals surface area (Å²) in [4.78, 5) is 96.4. The molecule has 0 radical (unpaired) electrons. The molecule has 1 aliphatic heterocycles. The Bertz CT molecular complexity index is 3180. The molecule has 0 bridgehead atoms. The number of hydrogen-bond donors (Lipinski definition) is 7. The topological polar surface area (TPSA) is 344 Å². The number of carbonyl (C=O) groups excluding carboxylic acids is 6. The van der Waals surface area contributed by atoms with Crippen LogP contribution in [-0.2, 0) is 38.6 Å². The van der Waals surface area contributed by atoms with Crippen molar-refractivity contribution >= 4 is 81.2 Å². The second kappa shape index (κ2) is 25.1. The molecule has 6 rings (SSSR count). The minimum Gasteiger partial charge on any atom is -0.494 e. The average Bonchev–Trinajstić information content (AvgIpc) is 4.15. The molecule has 0 unspecified atom stereocenters. The van der Waals surface area contributed by atoms with Gasteiger partial charge in [0.15, 0.2) is 5.69 Å². The van der Waals surface area contributed by atoms with E-state index >= 15 is 0 Å². The van der Waals surface area contributed by atoms with Crippen molar-refractivity contribution in [3.63, 3.8) is 0 Å². The largest absolute Gasteiger partial charge is 0.494 e. The van der Waals surface area contributed by atoms with Gasteiger partial charge in [-0.3, -0.25) is 55.0 Å². The number of alkyl carbamates (subject to hydrolysis) is 1. The van der Waals surface area contributed by atoms with Crippen LogP contribution >= 0.6 is 0 Å². The Morgan fingerprint density at radius 1 is 0.782 bits per heavy atom. The number of methoxy groups -OCH3 is 1. The highest BCUT2D eigenvalue weighted by Gasteiger charge is 2.29. The van der Waals surface area contributed by atoms with Gasteiger partial charge in [-0.2, -0.15) is 5.10 Å². The summed E-state index contributed by atoms with van der Waals surface area (Å²) >= 11 is 0. The summed E-state index contributed by atoms with van der Waals surface area (Å²) in [5, 5.41) is 15.4. The minimum absolute atomic E-state index is 0.00604. The first-order valence-electron chi connectivity index (χ1n) is 25.3. The van der Waals surface area contributed by atoms with E-state index in [0.717, 1.165) is 19.6 Å². The molecule has 420 valence electrons. The SMILES string of the molecule is CCN=C(C(=O)Nc1nc2cc(C(N)=O)cc(OCCCN3CCOCC3)c2n1C/C=C/Cn1c(NC(=O)c2c(NC(=O)OC(C)(C)C)c(C)nn2CC)nc2cc(C(N)=O)cc(OC)c21)/C(NC(=O)OC(C)(C)C)=C(/C)N. The van der Waals surface area contributed by atoms with E-state index in [9.17, 15) is 28.8 Å². The van der Waals surface area contributed by atoms with Crippen molar-refractivity contribution in [1.29, 1.82) is 0 Å². The zero-order valence-electron chi connectivity index (χ0n) is 46.0. The number of allylic oxidation sites excluding steroid dienone is 3. The fourth-order valence-corrected chi connectivity index (χ4v) is 8.30. The summed E-state index contributed by atoms with van der Waals surface area (Å²) in [6, 6.07) is 5.92. The lowest BCUT2D eigenvalue weighted by Gasteiger charge is -2.26. The highest BCUT2D eigenvalue weighted by Crippen LogP contribution is 2.34. The summed E-state index contributed by atoms with van der Waals surface area (Å²) in [6.45, 7) is 21.0. The summed E-state index contributed by atoms with van der Waals surface area (Å²) < 4.78 is 33.3. The highest BCUT2D eigenvalue weighted by atomic mass is 16.6. The molecule has 0 atom stereocenters. The molecule has 6 amide bonds. The Hall–Kier alpha value is -8.52. The van der Waals surface area contributed by atoms with Crippen molar-refractivity contribution in [3.05, 3.63) is 70.3 Å². The third-order valence-corrected chi connectivity index (χ3v) is 11.6. The van der Waals surface area contributed by atoms with Gasteiger partial charge in [0.25, 0.3) is 11.8 Å². The van der Waals surface area contributed by atoms with Crippen LogP contribution in [0.25, 0.3) is 22.1 Å². The Labute approximate surface area is 451 Å². The van der Waals surface area contributed by atoms with E-state index in [4.69, 9.17) is 50.9 Å². The summed E-state index contributed by atoms with van der Waals surface area (Å²) in [6.07, 6.45) is 2.46. The number of benzene rings is 2. The molecule has 5 aromatic rings. The fourth-order valence-electron chi connectivity index (χ4n) is 8.30. The number of nitrogens with two attached hydrogens (primary N) is 3. The number of amides is 6. The maximum atomic E-state index is 14.5. The molecule has 1 saturated heterocycles. The van der Waals surface area contributed by atoms with E-state index in [-0.39, 0.29) is 107 Å². The molecular formula is C52H71N15O11. The second-order valence-corrected chi connectivity index (χ2v) is 20.0. The lowest BCUT2D eigenvalue weighted by atomic mass is 10.1. The normalized spacial score (nSPS) is 13.8. The van der Waals surface area contributed by atoms with Gasteiger partial charge < -0.3 is 50.0 Å². The number of fused-ring (bicyclic) bond motifs is 2. The van der Waals surface area contributed by atoms with E-state index in [0.29, 0.717) is 36.4 Å². The van der Waals surface area contributed by atoms with E-state index in [1.807, 2.05) is 0 Å². The van der Waals surface area contributed by atoms with Crippen LogP contribution in [0.3, 0.4) is 0 Å². The van der Waals surface area contributed by atoms with E-state index < -0.39 is 47.0 Å². The summed E-state index contributed by atoms with van der Waals surface area (Å²) in [5.41, 5.74) is 17.8. The van der Waals surface area contributed by atoms with E-state index in [1.54, 1.807) is 83.6 Å². The molecule has 26 heteroatoms. The van der Waals surface area contributed by atoms with E-state index in [1.165, 1.54) is 43.0 Å². The van der Waals surface area contributed by atoms with Crippen molar-refractivity contribution in [1.82, 2.24) is 39.1 Å². The van der Waals surface area contributed by atoms with Gasteiger partial charge in [0, 0.05) is 62.6 Å². The number of imidazole rings is 2. The van der Waals surface area contributed by atoms with Gasteiger partial charge in [0.2, 0.25) is 23.7 Å². The quantitative estimate of drug-likeness (QED) is 0.0282. The number of nitrogens with one attached hydrogen (secondary N) is 4. The number of aliphatic imine (C=N–C) groups is 1. The van der Waals surface area contributed by atoms with Crippen molar-refractivity contribution in [2.75, 3.05) is 69.1 Å². The number of nitrogens with zero attached hydrogens (tertiary/aromatic N) is 8. The summed E-state index contributed by atoms with van der Waals surface area (Å²) in [5.74, 6) is -2.52. The van der Waals surface area contributed by atoms with Crippen molar-refractivity contribution in [2.45, 2.75) is 106 Å². The van der Waals surface area contributed by atoms with Gasteiger partial charge in [-0.1, -0.05) is 12.2 Å². The lowest BCUT2D eigenvalue weighted by molar-refractivity contribution is -0.110. The number of rotatable bonds is 21. The number of morpholine rings is 1. The van der Waals surface area contributed by atoms with E-state index in [2.05, 4.69) is 36.3 Å². The van der Waals surface area contributed by atoms with Crippen LogP contribution < -0.4 is 47.9 Å². The predicted octanol–water partition coefficient (Wildman–Crippen LogP) is 5.19. The molecule has 3 aromatic heterocycles. The first-order chi connectivity index (χ1) is 36.8. The molecular weight excluding hydrogens is 1010 g/mol. The molecule has 1 aliphatic rings. The highest BCUT2D eigenvalue weighted by molar-refractivity contribution is 6.49. The van der Waals surface area contributed by atoms with Crippen molar-refractivity contribution < 1.29 is 52.5 Å². The molecule has 0 saturated carbocycles. The first kappa shape index (κ1) is 58.7. The molecule has 78 heavy (non-hydrogen) atoms. The minimum atomic E-state index is -0.877. The van der Waals surface area contributed by atoms with Gasteiger partial charge in [0.05, 0.1) is 55.0 Å². The third-order valence-electron chi connectivity index (χ3n) is 11.6. The van der Waals surface area contributed by atoms with Gasteiger partial charge in [0.1, 0.15) is 39.4 Å². The van der Waals surface area contributed by atoms with Gasteiger partial charge >= 0.3 is 12.2 Å². The predicted molar refractivity (Wildman–Crippen MR) is 293 cm³/mol. The van der Waals surface area contributed by atoms with Crippen LogP contribution in [0, 0.1) is 6.92 Å². The van der Waals surface area contributed by atoms with Gasteiger partial charge in [-0.15, -0.1) is 0 Å². The Balaban J connectivity index is 1.43. The average molecular weight is 1080 g/mol. The van der Waals surface area contributed by atoms with Crippen LogP contribution in [0.5, 0.6) is 11.5 Å². The maximum Gasteiger partial charge on any atom is 0.412 e. The van der Waals surface area contributed by atoms with Gasteiger partial charge in [-0.05, 0) is 99.9 Å². The molecule has 4 heterocycles. The standard InChI is InChI=1S/C52H71N15O11/c1-12-56-39(37(29(3)53)59-49(72)77-51(5,6)7)45(70)61-47-58-34-26-32(44(55)69)28-36(76-22-16-17-64-20-23-75-24-21-64)41(34)66(47)19-15-14-18-65-40-33(25-31(43(54)68)27-35(40)74-11)57-48(65)62-46(71)42-38(30(4)63-67(42)13-2)60-50(73)78-52(8,9)10/h14-15,25-28H,12-13,16-24,53H2,1-11H3,(H2,54,68)(H2,55,69)(H,59,72)(H,60,73)(H,57,62,71)(H,58,61,70)/b15-14+,37-29+,56-39?. The zero-order chi connectivity index (χ0) is 57.2. The Morgan fingerprint density at radius 2 is 1.33 bits per heavy atom. The summed E-state index contributed by atoms with van der Waals surface area (Å²) in [7, 11) is 1.41. The number of ether oxygens (including phenoxy) is 5. The monoisotopic (exact) mass is 1080 g/mol.